The number of carbonyl (C=O) groups is 1. The van der Waals surface area contributed by atoms with Crippen LogP contribution in [0.4, 0.5) is 0 Å². The van der Waals surface area contributed by atoms with Gasteiger partial charge in [-0.3, -0.25) is 9.48 Å². The maximum atomic E-state index is 11.7. The lowest BCUT2D eigenvalue weighted by Crippen LogP contribution is -2.46. The molecule has 0 aromatic carbocycles. The van der Waals surface area contributed by atoms with Crippen molar-refractivity contribution in [1.82, 2.24) is 9.78 Å². The largest absolute Gasteiger partial charge is 0.465 e. The van der Waals surface area contributed by atoms with Gasteiger partial charge in [-0.05, 0) is 62.9 Å². The predicted octanol–water partition coefficient (Wildman–Crippen LogP) is 2.71. The summed E-state index contributed by atoms with van der Waals surface area (Å²) in [7, 11) is 0. The third-order valence-corrected chi connectivity index (χ3v) is 4.50. The van der Waals surface area contributed by atoms with Crippen LogP contribution >= 0.6 is 15.9 Å². The first-order chi connectivity index (χ1) is 9.29. The molecule has 0 aliphatic rings. The molecule has 0 aliphatic heterocycles. The van der Waals surface area contributed by atoms with Crippen LogP contribution in [0.15, 0.2) is 4.47 Å². The predicted molar refractivity (Wildman–Crippen MR) is 82.5 cm³/mol. The summed E-state index contributed by atoms with van der Waals surface area (Å²) in [5, 5.41) is 4.46. The molecule has 1 aromatic heterocycles. The summed E-state index contributed by atoms with van der Waals surface area (Å²) in [5.74, 6) is -0.325. The second-order valence-corrected chi connectivity index (χ2v) is 6.10. The van der Waals surface area contributed by atoms with Gasteiger partial charge in [-0.2, -0.15) is 5.10 Å². The average molecular weight is 346 g/mol. The highest BCUT2D eigenvalue weighted by Gasteiger charge is 2.29. The quantitative estimate of drug-likeness (QED) is 0.609. The van der Waals surface area contributed by atoms with Gasteiger partial charge in [0.1, 0.15) is 5.54 Å². The van der Waals surface area contributed by atoms with E-state index in [-0.39, 0.29) is 5.97 Å². The maximum absolute atomic E-state index is 11.7. The fourth-order valence-corrected chi connectivity index (χ4v) is 2.33. The summed E-state index contributed by atoms with van der Waals surface area (Å²) in [5.41, 5.74) is 7.21. The minimum atomic E-state index is -0.897. The number of hydrogen-bond acceptors (Lipinski definition) is 4. The van der Waals surface area contributed by atoms with E-state index in [1.54, 1.807) is 13.8 Å². The van der Waals surface area contributed by atoms with E-state index in [4.69, 9.17) is 10.5 Å². The lowest BCUT2D eigenvalue weighted by atomic mass is 9.96. The Morgan fingerprint density at radius 2 is 2.10 bits per heavy atom. The van der Waals surface area contributed by atoms with Crippen molar-refractivity contribution in [3.63, 3.8) is 0 Å². The number of hydrogen-bond donors (Lipinski definition) is 1. The van der Waals surface area contributed by atoms with Gasteiger partial charge in [0.2, 0.25) is 0 Å². The molecule has 0 amide bonds. The molecule has 0 radical (unpaired) electrons. The van der Waals surface area contributed by atoms with Crippen LogP contribution in [0.25, 0.3) is 0 Å². The summed E-state index contributed by atoms with van der Waals surface area (Å²) < 4.78 is 8.02. The van der Waals surface area contributed by atoms with Crippen molar-refractivity contribution in [2.75, 3.05) is 6.61 Å². The Balaban J connectivity index is 2.41. The van der Waals surface area contributed by atoms with Crippen LogP contribution in [0.1, 0.15) is 44.5 Å². The van der Waals surface area contributed by atoms with Crippen LogP contribution in [0, 0.1) is 13.8 Å². The Bertz CT molecular complexity index is 469. The molecule has 0 spiro atoms. The summed E-state index contributed by atoms with van der Waals surface area (Å²) in [6.07, 6.45) is 2.41. The Morgan fingerprint density at radius 3 is 2.60 bits per heavy atom. The maximum Gasteiger partial charge on any atom is 0.325 e. The Hall–Kier alpha value is -0.880. The highest BCUT2D eigenvalue weighted by atomic mass is 79.9. The van der Waals surface area contributed by atoms with Gasteiger partial charge in [-0.25, -0.2) is 0 Å². The van der Waals surface area contributed by atoms with Crippen LogP contribution in [-0.2, 0) is 16.1 Å². The van der Waals surface area contributed by atoms with Crippen LogP contribution in [0.5, 0.6) is 0 Å². The van der Waals surface area contributed by atoms with Gasteiger partial charge in [-0.15, -0.1) is 0 Å². The molecule has 1 aromatic rings. The lowest BCUT2D eigenvalue weighted by molar-refractivity contribution is -0.149. The van der Waals surface area contributed by atoms with E-state index in [2.05, 4.69) is 21.0 Å². The number of nitrogens with zero attached hydrogens (tertiary/aromatic N) is 2. The fraction of sp³-hybridized carbons (Fsp3) is 0.714. The van der Waals surface area contributed by atoms with Crippen LogP contribution in [0.3, 0.4) is 0 Å². The molecule has 6 heteroatoms. The molecule has 20 heavy (non-hydrogen) atoms. The van der Waals surface area contributed by atoms with Crippen molar-refractivity contribution in [1.29, 1.82) is 0 Å². The van der Waals surface area contributed by atoms with Gasteiger partial charge < -0.3 is 10.5 Å². The number of unbranched alkanes of at least 4 members (excludes halogenated alkanes) is 1. The molecule has 5 nitrogen and oxygen atoms in total. The minimum Gasteiger partial charge on any atom is -0.465 e. The Morgan fingerprint density at radius 1 is 1.45 bits per heavy atom. The summed E-state index contributed by atoms with van der Waals surface area (Å²) in [6.45, 7) is 8.73. The van der Waals surface area contributed by atoms with E-state index in [9.17, 15) is 4.79 Å². The molecule has 114 valence electrons. The number of carbonyl (C=O) groups excluding carboxylic acids is 1. The molecule has 0 fully saturated rings. The second kappa shape index (κ2) is 7.22. The van der Waals surface area contributed by atoms with Crippen molar-refractivity contribution < 1.29 is 9.53 Å². The highest BCUT2D eigenvalue weighted by Crippen LogP contribution is 2.20. The molecule has 0 aliphatic carbocycles. The van der Waals surface area contributed by atoms with E-state index in [0.29, 0.717) is 13.0 Å². The fourth-order valence-electron chi connectivity index (χ4n) is 2.04. The number of halogens is 1. The molecule has 2 N–H and O–H groups in total. The third kappa shape index (κ3) is 4.31. The van der Waals surface area contributed by atoms with Gasteiger partial charge in [0.05, 0.1) is 16.8 Å². The highest BCUT2D eigenvalue weighted by molar-refractivity contribution is 9.10. The number of aryl methyl sites for hydroxylation is 2. The summed E-state index contributed by atoms with van der Waals surface area (Å²) in [4.78, 5) is 11.7. The minimum absolute atomic E-state index is 0.325. The van der Waals surface area contributed by atoms with E-state index in [1.165, 1.54) is 0 Å². The molecular weight excluding hydrogens is 322 g/mol. The number of ether oxygens (including phenoxy) is 1. The number of esters is 1. The monoisotopic (exact) mass is 345 g/mol. The van der Waals surface area contributed by atoms with Crippen molar-refractivity contribution in [3.8, 4) is 0 Å². The molecule has 1 heterocycles. The first-order valence-electron chi connectivity index (χ1n) is 6.95. The summed E-state index contributed by atoms with van der Waals surface area (Å²) >= 11 is 3.51. The molecule has 1 rings (SSSR count). The zero-order valence-electron chi connectivity index (χ0n) is 12.7. The van der Waals surface area contributed by atoms with E-state index < -0.39 is 5.54 Å². The van der Waals surface area contributed by atoms with Crippen molar-refractivity contribution in [2.24, 2.45) is 5.73 Å². The molecule has 1 unspecified atom stereocenters. The topological polar surface area (TPSA) is 70.1 Å². The van der Waals surface area contributed by atoms with Crippen LogP contribution < -0.4 is 5.73 Å². The van der Waals surface area contributed by atoms with Gasteiger partial charge >= 0.3 is 5.97 Å². The van der Waals surface area contributed by atoms with Gasteiger partial charge in [-0.1, -0.05) is 0 Å². The molecule has 1 atom stereocenters. The lowest BCUT2D eigenvalue weighted by Gasteiger charge is -2.22. The van der Waals surface area contributed by atoms with Gasteiger partial charge in [0.25, 0.3) is 0 Å². The van der Waals surface area contributed by atoms with Crippen molar-refractivity contribution in [3.05, 3.63) is 15.9 Å². The summed E-state index contributed by atoms with van der Waals surface area (Å²) in [6, 6.07) is 0. The zero-order chi connectivity index (χ0) is 15.3. The van der Waals surface area contributed by atoms with Crippen molar-refractivity contribution in [2.45, 2.75) is 59.0 Å². The van der Waals surface area contributed by atoms with E-state index in [0.717, 1.165) is 35.2 Å². The first kappa shape index (κ1) is 17.2. The van der Waals surface area contributed by atoms with Crippen molar-refractivity contribution >= 4 is 21.9 Å². The Labute approximate surface area is 129 Å². The van der Waals surface area contributed by atoms with Gasteiger partial charge in [0.15, 0.2) is 0 Å². The SMILES string of the molecule is CCOC(=O)C(C)(N)CCCCn1nc(C)c(Br)c1C. The number of rotatable bonds is 7. The zero-order valence-corrected chi connectivity index (χ0v) is 14.3. The number of aromatic nitrogens is 2. The molecule has 0 bridgehead atoms. The van der Waals surface area contributed by atoms with Gasteiger partial charge in [0, 0.05) is 12.2 Å². The standard InChI is InChI=1S/C14H24BrN3O2/c1-5-20-13(19)14(4,16)8-6-7-9-18-11(3)12(15)10(2)17-18/h5-9,16H2,1-4H3. The average Bonchev–Trinajstić information content (AvgIpc) is 2.62. The number of nitrogens with two attached hydrogens (primary N) is 1. The normalized spacial score (nSPS) is 14.1. The smallest absolute Gasteiger partial charge is 0.325 e. The Kier molecular flexibility index (Phi) is 6.20. The molecular formula is C14H24BrN3O2. The van der Waals surface area contributed by atoms with Crippen LogP contribution in [-0.4, -0.2) is 27.9 Å². The second-order valence-electron chi connectivity index (χ2n) is 5.30. The molecule has 0 saturated heterocycles. The van der Waals surface area contributed by atoms with E-state index in [1.807, 2.05) is 18.5 Å². The van der Waals surface area contributed by atoms with Crippen LogP contribution in [0.2, 0.25) is 0 Å². The van der Waals surface area contributed by atoms with E-state index >= 15 is 0 Å². The molecule has 0 saturated carbocycles. The third-order valence-electron chi connectivity index (χ3n) is 3.35. The first-order valence-corrected chi connectivity index (χ1v) is 7.74.